The Morgan fingerprint density at radius 2 is 1.61 bits per heavy atom. The molecule has 8 rings (SSSR count). The summed E-state index contributed by atoms with van der Waals surface area (Å²) >= 11 is 1.50. The molecule has 232 valence electrons. The Morgan fingerprint density at radius 1 is 0.957 bits per heavy atom. The van der Waals surface area contributed by atoms with Crippen LogP contribution in [0.1, 0.15) is 69.0 Å². The van der Waals surface area contributed by atoms with Gasteiger partial charge in [-0.05, 0) is 105 Å². The van der Waals surface area contributed by atoms with Crippen LogP contribution in [0.25, 0.3) is 21.8 Å². The number of allylic oxidation sites excluding steroid dienone is 2. The first kappa shape index (κ1) is 28.3. The van der Waals surface area contributed by atoms with E-state index in [0.29, 0.717) is 35.2 Å². The summed E-state index contributed by atoms with van der Waals surface area (Å²) in [5.74, 6) is -0.194. The first-order valence-electron chi connectivity index (χ1n) is 15.1. The number of thiophene rings is 1. The molecule has 11 heteroatoms. The maximum Gasteiger partial charge on any atom is 0.412 e. The molecule has 3 aromatic heterocycles. The van der Waals surface area contributed by atoms with E-state index in [2.05, 4.69) is 27.5 Å². The predicted molar refractivity (Wildman–Crippen MR) is 177 cm³/mol. The van der Waals surface area contributed by atoms with E-state index in [-0.39, 0.29) is 23.0 Å². The first-order valence-corrected chi connectivity index (χ1v) is 16.0. The molecule has 3 amide bonds. The number of H-pyrrole nitrogens is 2. The number of amides is 3. The van der Waals surface area contributed by atoms with Gasteiger partial charge in [0.2, 0.25) is 0 Å². The average molecular weight is 634 g/mol. The van der Waals surface area contributed by atoms with Crippen molar-refractivity contribution in [2.24, 2.45) is 5.92 Å². The Kier molecular flexibility index (Phi) is 5.95. The number of carbonyl (C=O) groups is 4. The van der Waals surface area contributed by atoms with Crippen LogP contribution in [0.15, 0.2) is 65.7 Å². The molecule has 10 nitrogen and oxygen atoms in total. The van der Waals surface area contributed by atoms with Crippen LogP contribution in [0.3, 0.4) is 0 Å². The van der Waals surface area contributed by atoms with Crippen LogP contribution in [0.5, 0.6) is 0 Å². The first-order chi connectivity index (χ1) is 21.9. The lowest BCUT2D eigenvalue weighted by Gasteiger charge is -2.28. The zero-order valence-corrected chi connectivity index (χ0v) is 26.5. The molecule has 2 atom stereocenters. The fraction of sp³-hybridized carbons (Fsp3) is 0.257. The van der Waals surface area contributed by atoms with Gasteiger partial charge >= 0.3 is 6.09 Å². The highest BCUT2D eigenvalue weighted by Crippen LogP contribution is 2.68. The summed E-state index contributed by atoms with van der Waals surface area (Å²) in [6, 6.07) is 14.2. The average Bonchev–Trinajstić information content (AvgIpc) is 3.43. The number of aryl methyl sites for hydroxylation is 1. The minimum Gasteiger partial charge on any atom is -0.444 e. The van der Waals surface area contributed by atoms with Crippen molar-refractivity contribution in [2.75, 3.05) is 17.2 Å². The van der Waals surface area contributed by atoms with E-state index in [9.17, 15) is 19.2 Å². The highest BCUT2D eigenvalue weighted by Gasteiger charge is 2.68. The fourth-order valence-electron chi connectivity index (χ4n) is 7.05. The van der Waals surface area contributed by atoms with Gasteiger partial charge in [0.15, 0.2) is 5.78 Å². The van der Waals surface area contributed by atoms with E-state index in [0.717, 1.165) is 49.9 Å². The molecule has 1 aliphatic heterocycles. The van der Waals surface area contributed by atoms with Crippen molar-refractivity contribution in [2.45, 2.75) is 45.1 Å². The van der Waals surface area contributed by atoms with Crippen molar-refractivity contribution < 1.29 is 23.9 Å². The summed E-state index contributed by atoms with van der Waals surface area (Å²) in [4.78, 5) is 61.0. The number of nitrogens with one attached hydrogen (secondary N) is 4. The van der Waals surface area contributed by atoms with Gasteiger partial charge in [-0.1, -0.05) is 0 Å². The van der Waals surface area contributed by atoms with Crippen molar-refractivity contribution >= 4 is 68.2 Å². The summed E-state index contributed by atoms with van der Waals surface area (Å²) in [7, 11) is 0. The van der Waals surface area contributed by atoms with Gasteiger partial charge in [0, 0.05) is 56.9 Å². The van der Waals surface area contributed by atoms with Crippen molar-refractivity contribution in [3.8, 4) is 0 Å². The van der Waals surface area contributed by atoms with Gasteiger partial charge in [-0.2, -0.15) is 0 Å². The molecule has 2 fully saturated rings. The van der Waals surface area contributed by atoms with E-state index in [1.165, 1.54) is 11.3 Å². The van der Waals surface area contributed by atoms with Crippen molar-refractivity contribution in [1.82, 2.24) is 14.9 Å². The Morgan fingerprint density at radius 3 is 2.30 bits per heavy atom. The number of rotatable bonds is 4. The second-order valence-electron chi connectivity index (χ2n) is 13.4. The quantitative estimate of drug-likeness (QED) is 0.167. The molecule has 1 saturated carbocycles. The third-order valence-electron chi connectivity index (χ3n) is 9.03. The van der Waals surface area contributed by atoms with Gasteiger partial charge in [-0.3, -0.25) is 19.7 Å². The number of aromatic nitrogens is 2. The third kappa shape index (κ3) is 4.45. The topological polar surface area (TPSA) is 136 Å². The van der Waals surface area contributed by atoms with Crippen molar-refractivity contribution in [1.29, 1.82) is 0 Å². The Balaban J connectivity index is 0.988. The number of aromatic amines is 2. The molecule has 4 heterocycles. The number of likely N-dealkylation sites (tertiary alicyclic amines) is 1. The number of hydrogen-bond donors (Lipinski definition) is 4. The number of piperidine rings is 1. The molecule has 0 radical (unpaired) electrons. The number of nitrogens with zero attached hydrogens (tertiary/aromatic N) is 1. The van der Waals surface area contributed by atoms with E-state index >= 15 is 0 Å². The zero-order valence-electron chi connectivity index (χ0n) is 25.7. The van der Waals surface area contributed by atoms with E-state index in [1.807, 2.05) is 17.5 Å². The van der Waals surface area contributed by atoms with Crippen LogP contribution < -0.4 is 10.6 Å². The van der Waals surface area contributed by atoms with Crippen molar-refractivity contribution in [3.63, 3.8) is 0 Å². The molecule has 1 spiro atoms. The van der Waals surface area contributed by atoms with Crippen LogP contribution in [-0.2, 0) is 10.2 Å². The number of ether oxygens (including phenoxy) is 1. The Labute approximate surface area is 267 Å². The zero-order chi connectivity index (χ0) is 32.1. The number of ketones is 1. The van der Waals surface area contributed by atoms with Crippen molar-refractivity contribution in [3.05, 3.63) is 93.1 Å². The molecule has 2 aromatic carbocycles. The lowest BCUT2D eigenvalue weighted by molar-refractivity contribution is 0.0635. The molecule has 4 N–H and O–H groups in total. The summed E-state index contributed by atoms with van der Waals surface area (Å²) in [6.07, 6.45) is 2.08. The van der Waals surface area contributed by atoms with Gasteiger partial charge in [0.1, 0.15) is 17.0 Å². The monoisotopic (exact) mass is 633 g/mol. The SMILES string of the molecule is Cc1csc2c1[C@]13C[C@H]1CN(C(=O)c1cc4cc(NC(=O)c5cc6cc(NC(=O)OC(C)(C)C)ccc6[nH]5)ccc4[nH]1)C3=CC2=O. The number of fused-ring (bicyclic) bond motifs is 3. The van der Waals surface area contributed by atoms with Gasteiger partial charge in [-0.15, -0.1) is 11.3 Å². The normalized spacial score (nSPS) is 19.8. The lowest BCUT2D eigenvalue weighted by Crippen LogP contribution is -2.33. The number of hydrogen-bond acceptors (Lipinski definition) is 6. The number of carbonyl (C=O) groups excluding carboxylic acids is 4. The van der Waals surface area contributed by atoms with Gasteiger partial charge in [-0.25, -0.2) is 4.79 Å². The fourth-order valence-corrected chi connectivity index (χ4v) is 8.10. The van der Waals surface area contributed by atoms with Crippen LogP contribution >= 0.6 is 11.3 Å². The molecule has 0 bridgehead atoms. The highest BCUT2D eigenvalue weighted by atomic mass is 32.1. The smallest absolute Gasteiger partial charge is 0.412 e. The maximum atomic E-state index is 13.8. The van der Waals surface area contributed by atoms with Gasteiger partial charge in [0.25, 0.3) is 11.8 Å². The van der Waals surface area contributed by atoms with E-state index < -0.39 is 11.7 Å². The molecule has 5 aromatic rings. The largest absolute Gasteiger partial charge is 0.444 e. The third-order valence-corrected chi connectivity index (χ3v) is 10.1. The molecular formula is C35H31N5O5S. The second-order valence-corrected chi connectivity index (χ2v) is 14.2. The second kappa shape index (κ2) is 9.67. The molecule has 46 heavy (non-hydrogen) atoms. The molecular weight excluding hydrogens is 602 g/mol. The summed E-state index contributed by atoms with van der Waals surface area (Å²) in [6.45, 7) is 8.02. The summed E-state index contributed by atoms with van der Waals surface area (Å²) in [5, 5.41) is 9.22. The van der Waals surface area contributed by atoms with Crippen LogP contribution in [0, 0.1) is 12.8 Å². The maximum absolute atomic E-state index is 13.8. The minimum absolute atomic E-state index is 0.0241. The summed E-state index contributed by atoms with van der Waals surface area (Å²) < 4.78 is 5.32. The number of anilines is 2. The molecule has 3 aliphatic rings. The molecule has 0 unspecified atom stereocenters. The lowest BCUT2D eigenvalue weighted by atomic mass is 9.84. The standard InChI is InChI=1S/C35H31N5O5S/c1-17-16-46-30-27(41)13-28-35(29(17)30)14-20(35)15-40(28)32(43)26-12-19-9-21(5-7-24(19)39-26)36-31(42)25-11-18-10-22(6-8-23(18)38-25)37-33(44)45-34(2,3)4/h5-13,16,20,38-39H,14-15H2,1-4H3,(H,36,42)(H,37,44)/t20-,35+/m0/s1. The Bertz CT molecular complexity index is 2200. The van der Waals surface area contributed by atoms with Crippen LogP contribution in [0.2, 0.25) is 0 Å². The molecule has 2 aliphatic carbocycles. The van der Waals surface area contributed by atoms with Crippen LogP contribution in [-0.4, -0.2) is 50.7 Å². The van der Waals surface area contributed by atoms with Crippen LogP contribution in [0.4, 0.5) is 16.2 Å². The Hall–Kier alpha value is -5.16. The highest BCUT2D eigenvalue weighted by molar-refractivity contribution is 7.12. The van der Waals surface area contributed by atoms with E-state index in [1.54, 1.807) is 68.1 Å². The predicted octanol–water partition coefficient (Wildman–Crippen LogP) is 7.11. The summed E-state index contributed by atoms with van der Waals surface area (Å²) in [5.41, 5.74) is 5.65. The van der Waals surface area contributed by atoms with Gasteiger partial charge in [0.05, 0.1) is 4.88 Å². The minimum atomic E-state index is -0.617. The van der Waals surface area contributed by atoms with E-state index in [4.69, 9.17) is 4.74 Å². The molecule has 1 saturated heterocycles. The number of benzene rings is 2. The van der Waals surface area contributed by atoms with Gasteiger partial charge < -0.3 is 24.9 Å².